The van der Waals surface area contributed by atoms with Gasteiger partial charge in [0.2, 0.25) is 5.91 Å². The quantitative estimate of drug-likeness (QED) is 0.428. The number of carbonyl (C=O) groups is 2. The van der Waals surface area contributed by atoms with Crippen LogP contribution in [0.25, 0.3) is 0 Å². The second-order valence-electron chi connectivity index (χ2n) is 9.96. The lowest BCUT2D eigenvalue weighted by atomic mass is 9.86. The summed E-state index contributed by atoms with van der Waals surface area (Å²) in [6.07, 6.45) is 4.33. The summed E-state index contributed by atoms with van der Waals surface area (Å²) in [4.78, 5) is 30.5. The Balaban J connectivity index is 1.82. The number of furan rings is 1. The van der Waals surface area contributed by atoms with E-state index in [1.54, 1.807) is 16.1 Å². The third kappa shape index (κ3) is 6.19. The van der Waals surface area contributed by atoms with Crippen molar-refractivity contribution in [2.45, 2.75) is 65.6 Å². The average Bonchev–Trinajstić information content (AvgIpc) is 3.47. The largest absolute Gasteiger partial charge is 0.467 e. The monoisotopic (exact) mass is 463 g/mol. The molecule has 1 aromatic carbocycles. The molecule has 0 saturated carbocycles. The molecular weight excluding hydrogens is 426 g/mol. The Bertz CT molecular complexity index is 1080. The highest BCUT2D eigenvalue weighted by atomic mass is 16.3. The summed E-state index contributed by atoms with van der Waals surface area (Å²) < 4.78 is 7.51. The maximum absolute atomic E-state index is 13.5. The molecule has 0 aliphatic rings. The van der Waals surface area contributed by atoms with Crippen molar-refractivity contribution < 1.29 is 14.0 Å². The zero-order valence-corrected chi connectivity index (χ0v) is 21.2. The summed E-state index contributed by atoms with van der Waals surface area (Å²) in [7, 11) is 1.96. The van der Waals surface area contributed by atoms with Gasteiger partial charge in [0.15, 0.2) is 0 Å². The van der Waals surface area contributed by atoms with Crippen LogP contribution in [0.2, 0.25) is 0 Å². The van der Waals surface area contributed by atoms with E-state index in [2.05, 4.69) is 20.8 Å². The van der Waals surface area contributed by atoms with E-state index in [4.69, 9.17) is 4.42 Å². The van der Waals surface area contributed by atoms with Gasteiger partial charge in [-0.05, 0) is 60.7 Å². The van der Waals surface area contributed by atoms with E-state index in [9.17, 15) is 9.59 Å². The number of carbonyl (C=O) groups excluding carboxylic acids is 2. The number of aryl methyl sites for hydroxylation is 1. The van der Waals surface area contributed by atoms with Gasteiger partial charge in [-0.2, -0.15) is 0 Å². The normalized spacial score (nSPS) is 12.4. The highest BCUT2D eigenvalue weighted by Crippen LogP contribution is 2.23. The zero-order valence-electron chi connectivity index (χ0n) is 21.2. The van der Waals surface area contributed by atoms with Gasteiger partial charge in [0.25, 0.3) is 5.91 Å². The minimum atomic E-state index is -0.125. The van der Waals surface area contributed by atoms with Crippen molar-refractivity contribution in [2.75, 3.05) is 6.54 Å². The number of aromatic nitrogens is 1. The third-order valence-electron chi connectivity index (χ3n) is 6.37. The Labute approximate surface area is 203 Å². The summed E-state index contributed by atoms with van der Waals surface area (Å²) in [5, 5.41) is 0. The Morgan fingerprint density at radius 2 is 1.74 bits per heavy atom. The number of hydrogen-bond donors (Lipinski definition) is 0. The number of nitrogens with zero attached hydrogens (tertiary/aromatic N) is 3. The van der Waals surface area contributed by atoms with E-state index < -0.39 is 0 Å². The summed E-state index contributed by atoms with van der Waals surface area (Å²) in [6.45, 7) is 11.3. The van der Waals surface area contributed by atoms with Crippen LogP contribution in [-0.2, 0) is 30.3 Å². The van der Waals surface area contributed by atoms with Crippen molar-refractivity contribution in [1.82, 2.24) is 14.4 Å². The third-order valence-corrected chi connectivity index (χ3v) is 6.37. The molecule has 0 radical (unpaired) electrons. The highest BCUT2D eigenvalue weighted by Gasteiger charge is 2.27. The Morgan fingerprint density at radius 3 is 2.26 bits per heavy atom. The smallest absolute Gasteiger partial charge is 0.254 e. The maximum atomic E-state index is 13.5. The molecule has 2 aromatic heterocycles. The molecule has 0 N–H and O–H groups in total. The minimum absolute atomic E-state index is 0.0111. The SMILES string of the molecule is CCC(C)N(CC(=O)N(Cc1ccco1)Cc1cccn1C)C(=O)c1ccc(C(C)(C)C)cc1. The summed E-state index contributed by atoms with van der Waals surface area (Å²) in [5.74, 6) is 0.472. The lowest BCUT2D eigenvalue weighted by molar-refractivity contribution is -0.134. The molecular formula is C28H37N3O3. The molecule has 0 bridgehead atoms. The highest BCUT2D eigenvalue weighted by molar-refractivity contribution is 5.96. The van der Waals surface area contributed by atoms with Gasteiger partial charge in [-0.1, -0.05) is 39.8 Å². The van der Waals surface area contributed by atoms with E-state index in [1.807, 2.05) is 80.2 Å². The topological polar surface area (TPSA) is 58.7 Å². The predicted molar refractivity (Wildman–Crippen MR) is 134 cm³/mol. The molecule has 1 unspecified atom stereocenters. The molecule has 6 nitrogen and oxygen atoms in total. The second-order valence-corrected chi connectivity index (χ2v) is 9.96. The van der Waals surface area contributed by atoms with Crippen molar-refractivity contribution in [1.29, 1.82) is 0 Å². The number of rotatable bonds is 9. The second kappa shape index (κ2) is 10.8. The first-order valence-electron chi connectivity index (χ1n) is 11.9. The molecule has 3 rings (SSSR count). The molecule has 0 fully saturated rings. The van der Waals surface area contributed by atoms with Gasteiger partial charge in [0, 0.05) is 30.5 Å². The van der Waals surface area contributed by atoms with E-state index >= 15 is 0 Å². The van der Waals surface area contributed by atoms with Crippen LogP contribution in [0.5, 0.6) is 0 Å². The fourth-order valence-electron chi connectivity index (χ4n) is 3.85. The molecule has 3 aromatic rings. The van der Waals surface area contributed by atoms with Crippen molar-refractivity contribution in [3.63, 3.8) is 0 Å². The van der Waals surface area contributed by atoms with Crippen LogP contribution in [0.3, 0.4) is 0 Å². The van der Waals surface area contributed by atoms with Crippen molar-refractivity contribution in [3.05, 3.63) is 83.6 Å². The fourth-order valence-corrected chi connectivity index (χ4v) is 3.85. The fraction of sp³-hybridized carbons (Fsp3) is 0.429. The molecule has 0 aliphatic heterocycles. The molecule has 6 heteroatoms. The zero-order chi connectivity index (χ0) is 24.9. The Kier molecular flexibility index (Phi) is 8.02. The van der Waals surface area contributed by atoms with Crippen molar-refractivity contribution in [2.24, 2.45) is 7.05 Å². The van der Waals surface area contributed by atoms with Gasteiger partial charge in [-0.25, -0.2) is 0 Å². The van der Waals surface area contributed by atoms with Gasteiger partial charge < -0.3 is 18.8 Å². The van der Waals surface area contributed by atoms with Crippen LogP contribution < -0.4 is 0 Å². The van der Waals surface area contributed by atoms with Gasteiger partial charge in [0.05, 0.1) is 19.4 Å². The molecule has 2 amide bonds. The van der Waals surface area contributed by atoms with Crippen LogP contribution >= 0.6 is 0 Å². The summed E-state index contributed by atoms with van der Waals surface area (Å²) >= 11 is 0. The first-order valence-corrected chi connectivity index (χ1v) is 11.9. The molecule has 0 saturated heterocycles. The van der Waals surface area contributed by atoms with Crippen molar-refractivity contribution in [3.8, 4) is 0 Å². The first-order chi connectivity index (χ1) is 16.1. The standard InChI is InChI=1S/C28H37N3O3/c1-7-21(2)31(27(33)22-12-14-23(15-13-22)28(3,4)5)20-26(32)30(19-25-11-9-17-34-25)18-24-10-8-16-29(24)6/h8-17,21H,7,18-20H2,1-6H3. The number of hydrogen-bond acceptors (Lipinski definition) is 3. The van der Waals surface area contributed by atoms with Crippen LogP contribution in [0.4, 0.5) is 0 Å². The first kappa shape index (κ1) is 25.3. The Morgan fingerprint density at radius 1 is 1.03 bits per heavy atom. The van der Waals surface area contributed by atoms with Gasteiger partial charge >= 0.3 is 0 Å². The maximum Gasteiger partial charge on any atom is 0.254 e. The molecule has 182 valence electrons. The summed E-state index contributed by atoms with van der Waals surface area (Å²) in [6, 6.07) is 15.3. The van der Waals surface area contributed by atoms with Gasteiger partial charge in [-0.3, -0.25) is 9.59 Å². The minimum Gasteiger partial charge on any atom is -0.467 e. The van der Waals surface area contributed by atoms with Crippen LogP contribution in [0.15, 0.2) is 65.4 Å². The van der Waals surface area contributed by atoms with Crippen LogP contribution in [0, 0.1) is 0 Å². The molecule has 0 spiro atoms. The summed E-state index contributed by atoms with van der Waals surface area (Å²) in [5.41, 5.74) is 2.79. The van der Waals surface area contributed by atoms with Crippen LogP contribution in [0.1, 0.15) is 68.4 Å². The van der Waals surface area contributed by atoms with E-state index in [1.165, 1.54) is 5.56 Å². The molecule has 2 heterocycles. The lowest BCUT2D eigenvalue weighted by Crippen LogP contribution is -2.46. The van der Waals surface area contributed by atoms with E-state index in [-0.39, 0.29) is 29.8 Å². The average molecular weight is 464 g/mol. The van der Waals surface area contributed by atoms with E-state index in [0.29, 0.717) is 24.4 Å². The van der Waals surface area contributed by atoms with E-state index in [0.717, 1.165) is 12.1 Å². The molecule has 1 atom stereocenters. The number of amides is 2. The van der Waals surface area contributed by atoms with Gasteiger partial charge in [-0.15, -0.1) is 0 Å². The molecule has 0 aliphatic carbocycles. The van der Waals surface area contributed by atoms with Crippen molar-refractivity contribution >= 4 is 11.8 Å². The predicted octanol–water partition coefficient (Wildman–Crippen LogP) is 5.39. The number of benzene rings is 1. The molecule has 34 heavy (non-hydrogen) atoms. The van der Waals surface area contributed by atoms with Crippen LogP contribution in [-0.4, -0.2) is 38.8 Å². The lowest BCUT2D eigenvalue weighted by Gasteiger charge is -2.31. The Hall–Kier alpha value is -3.28. The van der Waals surface area contributed by atoms with Gasteiger partial charge in [0.1, 0.15) is 12.3 Å².